The summed E-state index contributed by atoms with van der Waals surface area (Å²) in [6.07, 6.45) is 2.07. The first-order chi connectivity index (χ1) is 20.2. The maximum atomic E-state index is 13.2. The summed E-state index contributed by atoms with van der Waals surface area (Å²) >= 11 is 0. The first-order valence-corrected chi connectivity index (χ1v) is 14.4. The van der Waals surface area contributed by atoms with Gasteiger partial charge in [0.05, 0.1) is 11.0 Å². The van der Waals surface area contributed by atoms with Crippen molar-refractivity contribution in [2.24, 2.45) is 5.92 Å². The monoisotopic (exact) mass is 582 g/mol. The highest BCUT2D eigenvalue weighted by Crippen LogP contribution is 2.15. The van der Waals surface area contributed by atoms with E-state index in [0.29, 0.717) is 74.2 Å². The molecule has 226 valence electrons. The summed E-state index contributed by atoms with van der Waals surface area (Å²) in [5.74, 6) is -1.37. The van der Waals surface area contributed by atoms with Crippen LogP contribution in [0.2, 0.25) is 0 Å². The lowest BCUT2D eigenvalue weighted by atomic mass is 9.98. The van der Waals surface area contributed by atoms with E-state index in [2.05, 4.69) is 31.2 Å². The van der Waals surface area contributed by atoms with Crippen molar-refractivity contribution >= 4 is 34.7 Å². The molecule has 0 unspecified atom stereocenters. The van der Waals surface area contributed by atoms with Crippen LogP contribution in [0.4, 0.5) is 0 Å². The van der Waals surface area contributed by atoms with Crippen molar-refractivity contribution in [1.29, 1.82) is 0 Å². The lowest BCUT2D eigenvalue weighted by Gasteiger charge is -2.24. The van der Waals surface area contributed by atoms with E-state index in [1.165, 1.54) is 0 Å². The Balaban J connectivity index is 1.56. The van der Waals surface area contributed by atoms with E-state index >= 15 is 0 Å². The maximum Gasteiger partial charge on any atom is 0.326 e. The number of hydrogen-bond donors (Lipinski definition) is 4. The highest BCUT2D eigenvalue weighted by atomic mass is 16.6. The Morgan fingerprint density at radius 3 is 2.52 bits per heavy atom. The molecule has 0 aliphatic carbocycles. The van der Waals surface area contributed by atoms with Crippen LogP contribution in [0.1, 0.15) is 72.5 Å². The molecule has 0 spiro atoms. The van der Waals surface area contributed by atoms with Gasteiger partial charge < -0.3 is 25.8 Å². The zero-order chi connectivity index (χ0) is 30.2. The SMILES string of the molecule is CC[C@H](C)[C@@H]1NC(=O)CCCN(C(=O)c2nonc2C)CCCNC(=O)c2ccc3[nH]c(=O)n(c3c2)CCCNC1=O. The van der Waals surface area contributed by atoms with E-state index < -0.39 is 6.04 Å². The van der Waals surface area contributed by atoms with Gasteiger partial charge in [-0.25, -0.2) is 9.42 Å². The molecule has 2 aromatic heterocycles. The van der Waals surface area contributed by atoms with Gasteiger partial charge in [0.2, 0.25) is 11.8 Å². The summed E-state index contributed by atoms with van der Waals surface area (Å²) < 4.78 is 6.24. The van der Waals surface area contributed by atoms with Crippen LogP contribution < -0.4 is 21.6 Å². The fourth-order valence-electron chi connectivity index (χ4n) is 4.92. The minimum absolute atomic E-state index is 0.0911. The third-order valence-electron chi connectivity index (χ3n) is 7.57. The van der Waals surface area contributed by atoms with Gasteiger partial charge in [-0.1, -0.05) is 25.4 Å². The number of amides is 4. The second-order valence-electron chi connectivity index (χ2n) is 10.6. The second kappa shape index (κ2) is 13.9. The molecule has 3 heterocycles. The van der Waals surface area contributed by atoms with Gasteiger partial charge in [-0.15, -0.1) is 0 Å². The Morgan fingerprint density at radius 2 is 1.79 bits per heavy atom. The fourth-order valence-corrected chi connectivity index (χ4v) is 4.92. The third-order valence-corrected chi connectivity index (χ3v) is 7.57. The number of imidazole rings is 1. The van der Waals surface area contributed by atoms with Crippen LogP contribution in [-0.2, 0) is 16.1 Å². The number of benzene rings is 1. The Hall–Kier alpha value is -4.49. The van der Waals surface area contributed by atoms with Crippen molar-refractivity contribution in [3.05, 3.63) is 45.6 Å². The van der Waals surface area contributed by atoms with Crippen molar-refractivity contribution in [1.82, 2.24) is 40.7 Å². The summed E-state index contributed by atoms with van der Waals surface area (Å²) in [6, 6.07) is 4.28. The topological polar surface area (TPSA) is 184 Å². The van der Waals surface area contributed by atoms with Crippen LogP contribution >= 0.6 is 0 Å². The molecule has 2 bridgehead atoms. The molecule has 14 nitrogen and oxygen atoms in total. The molecule has 1 aliphatic rings. The van der Waals surface area contributed by atoms with Gasteiger partial charge in [-0.3, -0.25) is 23.7 Å². The quantitative estimate of drug-likeness (QED) is 0.354. The smallest absolute Gasteiger partial charge is 0.326 e. The van der Waals surface area contributed by atoms with Crippen molar-refractivity contribution in [3.8, 4) is 0 Å². The normalized spacial score (nSPS) is 19.1. The van der Waals surface area contributed by atoms with Gasteiger partial charge >= 0.3 is 5.69 Å². The number of aryl methyl sites for hydroxylation is 2. The number of aromatic nitrogens is 4. The molecule has 0 radical (unpaired) electrons. The van der Waals surface area contributed by atoms with Crippen LogP contribution in [0.5, 0.6) is 0 Å². The Morgan fingerprint density at radius 1 is 1.05 bits per heavy atom. The molecular weight excluding hydrogens is 544 g/mol. The number of hydrogen-bond acceptors (Lipinski definition) is 8. The molecule has 4 N–H and O–H groups in total. The number of carbonyl (C=O) groups is 4. The van der Waals surface area contributed by atoms with Crippen LogP contribution in [-0.4, -0.2) is 80.6 Å². The van der Waals surface area contributed by atoms with Crippen LogP contribution in [0.25, 0.3) is 11.0 Å². The predicted molar refractivity (Wildman–Crippen MR) is 153 cm³/mol. The Labute approximate surface area is 242 Å². The van der Waals surface area contributed by atoms with Gasteiger partial charge in [0.15, 0.2) is 5.69 Å². The van der Waals surface area contributed by atoms with E-state index in [-0.39, 0.29) is 53.9 Å². The van der Waals surface area contributed by atoms with E-state index in [4.69, 9.17) is 4.63 Å². The fraction of sp³-hybridized carbons (Fsp3) is 0.536. The molecule has 1 aliphatic heterocycles. The van der Waals surface area contributed by atoms with Gasteiger partial charge in [0.1, 0.15) is 11.7 Å². The Kier molecular flexibility index (Phi) is 10.1. The molecular formula is C28H38N8O6. The zero-order valence-electron chi connectivity index (χ0n) is 24.2. The van der Waals surface area contributed by atoms with Crippen LogP contribution in [0.3, 0.4) is 0 Å². The molecule has 1 aromatic carbocycles. The van der Waals surface area contributed by atoms with Crippen LogP contribution in [0.15, 0.2) is 27.6 Å². The van der Waals surface area contributed by atoms with E-state index in [9.17, 15) is 24.0 Å². The first kappa shape index (κ1) is 30.5. The second-order valence-corrected chi connectivity index (χ2v) is 10.6. The predicted octanol–water partition coefficient (Wildman–Crippen LogP) is 1.11. The molecule has 0 saturated heterocycles. The number of nitrogens with one attached hydrogen (secondary N) is 4. The summed E-state index contributed by atoms with van der Waals surface area (Å²) in [4.78, 5) is 68.9. The lowest BCUT2D eigenvalue weighted by molar-refractivity contribution is -0.130. The molecule has 2 atom stereocenters. The minimum Gasteiger partial charge on any atom is -0.354 e. The number of rotatable bonds is 3. The highest BCUT2D eigenvalue weighted by molar-refractivity contribution is 5.97. The molecule has 3 aromatic rings. The minimum atomic E-state index is -0.714. The molecule has 4 rings (SSSR count). The number of fused-ring (bicyclic) bond motifs is 1. The summed E-state index contributed by atoms with van der Waals surface area (Å²) in [5.41, 5.74) is 1.73. The maximum absolute atomic E-state index is 13.2. The van der Waals surface area contributed by atoms with E-state index in [0.717, 1.165) is 0 Å². The zero-order valence-corrected chi connectivity index (χ0v) is 24.2. The average Bonchev–Trinajstić information content (AvgIpc) is 3.55. The largest absolute Gasteiger partial charge is 0.354 e. The molecule has 0 saturated carbocycles. The highest BCUT2D eigenvalue weighted by Gasteiger charge is 2.26. The number of carbonyl (C=O) groups excluding carboxylic acids is 4. The number of aromatic amines is 1. The summed E-state index contributed by atoms with van der Waals surface area (Å²) in [7, 11) is 0. The van der Waals surface area contributed by atoms with E-state index in [1.807, 2.05) is 13.8 Å². The lowest BCUT2D eigenvalue weighted by Crippen LogP contribution is -2.50. The van der Waals surface area contributed by atoms with Crippen molar-refractivity contribution in [2.75, 3.05) is 26.2 Å². The van der Waals surface area contributed by atoms with Gasteiger partial charge in [0, 0.05) is 44.7 Å². The summed E-state index contributed by atoms with van der Waals surface area (Å²) in [5, 5.41) is 16.0. The van der Waals surface area contributed by atoms with E-state index in [1.54, 1.807) is 34.6 Å². The molecule has 0 fully saturated rings. The van der Waals surface area contributed by atoms with Crippen molar-refractivity contribution in [2.45, 2.75) is 65.5 Å². The molecule has 4 amide bonds. The van der Waals surface area contributed by atoms with Gasteiger partial charge in [-0.2, -0.15) is 0 Å². The van der Waals surface area contributed by atoms with Crippen molar-refractivity contribution < 1.29 is 23.8 Å². The Bertz CT molecular complexity index is 1490. The third kappa shape index (κ3) is 7.22. The molecule has 14 heteroatoms. The standard InChI is InChI=1S/C28H38N8O6/c1-4-17(2)23-26(39)30-12-7-15-36-21-16-19(9-10-20(21)31-28(36)41)25(38)29-11-6-14-35(13-5-8-22(37)32-23)27(40)24-18(3)33-42-34-24/h9-10,16-17,23H,4-8,11-15H2,1-3H3,(H,29,38)(H,30,39)(H,31,41)(H,32,37)/t17-,23-/m0/s1. The number of nitrogens with zero attached hydrogens (tertiary/aromatic N) is 4. The molecule has 42 heavy (non-hydrogen) atoms. The van der Waals surface area contributed by atoms with Gasteiger partial charge in [-0.05, 0) is 55.5 Å². The average molecular weight is 583 g/mol. The summed E-state index contributed by atoms with van der Waals surface area (Å²) in [6.45, 7) is 6.94. The van der Waals surface area contributed by atoms with Crippen molar-refractivity contribution in [3.63, 3.8) is 0 Å². The first-order valence-electron chi connectivity index (χ1n) is 14.4. The van der Waals surface area contributed by atoms with Crippen LogP contribution in [0, 0.1) is 12.8 Å². The number of H-pyrrole nitrogens is 1. The van der Waals surface area contributed by atoms with Gasteiger partial charge in [0.25, 0.3) is 11.8 Å².